The molecule has 1 aliphatic heterocycles. The molecule has 2 atom stereocenters. The molecule has 8 nitrogen and oxygen atoms in total. The maximum atomic E-state index is 12.9. The SMILES string of the molecule is CC(C)S(=O)(=O)N[C@@H]1CC[C@H](C(=O)Nc2cc(-c3cc(NCC4CCOCC4)ccc3Cl)c(Cl)cn2)C1. The van der Waals surface area contributed by atoms with Gasteiger partial charge in [0.05, 0.1) is 10.3 Å². The third-order valence-corrected chi connectivity index (χ3v) is 9.59. The highest BCUT2D eigenvalue weighted by atomic mass is 35.5. The molecule has 2 fully saturated rings. The standard InChI is InChI=1S/C26H34Cl2N4O4S/c1-16(2)37(34,35)32-20-4-3-18(11-20)26(33)31-25-13-22(24(28)15-30-25)21-12-19(5-6-23(21)27)29-14-17-7-9-36-10-8-17/h5-6,12-13,15-18,20,29,32H,3-4,7-11,14H2,1-2H3,(H,30,31,33)/t18-,20+/m0/s1. The van der Waals surface area contributed by atoms with E-state index in [1.165, 1.54) is 6.20 Å². The lowest BCUT2D eigenvalue weighted by Gasteiger charge is -2.23. The molecule has 3 N–H and O–H groups in total. The number of pyridine rings is 1. The highest BCUT2D eigenvalue weighted by Crippen LogP contribution is 2.36. The van der Waals surface area contributed by atoms with E-state index in [1.807, 2.05) is 18.2 Å². The number of aromatic nitrogens is 1. The van der Waals surface area contributed by atoms with Crippen LogP contribution in [0.2, 0.25) is 10.0 Å². The molecule has 37 heavy (non-hydrogen) atoms. The van der Waals surface area contributed by atoms with Gasteiger partial charge < -0.3 is 15.4 Å². The molecule has 1 aliphatic carbocycles. The van der Waals surface area contributed by atoms with Crippen molar-refractivity contribution in [3.63, 3.8) is 0 Å². The summed E-state index contributed by atoms with van der Waals surface area (Å²) in [7, 11) is -3.38. The lowest BCUT2D eigenvalue weighted by molar-refractivity contribution is -0.119. The Kier molecular flexibility index (Phi) is 9.34. The average Bonchev–Trinajstić information content (AvgIpc) is 3.33. The van der Waals surface area contributed by atoms with Crippen LogP contribution in [0, 0.1) is 11.8 Å². The second-order valence-electron chi connectivity index (χ2n) is 10.1. The minimum Gasteiger partial charge on any atom is -0.385 e. The van der Waals surface area contributed by atoms with Crippen LogP contribution in [0.4, 0.5) is 11.5 Å². The monoisotopic (exact) mass is 568 g/mol. The second-order valence-corrected chi connectivity index (χ2v) is 13.2. The van der Waals surface area contributed by atoms with Crippen LogP contribution in [0.15, 0.2) is 30.5 Å². The van der Waals surface area contributed by atoms with Crippen molar-refractivity contribution in [2.24, 2.45) is 11.8 Å². The lowest BCUT2D eigenvalue weighted by atomic mass is 10.00. The molecular formula is C26H34Cl2N4O4S. The molecule has 4 rings (SSSR count). The molecule has 1 aromatic heterocycles. The first-order valence-electron chi connectivity index (χ1n) is 12.7. The Balaban J connectivity index is 1.43. The molecule has 0 spiro atoms. The number of anilines is 2. The lowest BCUT2D eigenvalue weighted by Crippen LogP contribution is -2.38. The molecule has 2 aliphatic rings. The van der Waals surface area contributed by atoms with Gasteiger partial charge in [0.1, 0.15) is 5.82 Å². The summed E-state index contributed by atoms with van der Waals surface area (Å²) in [6, 6.07) is 7.20. The van der Waals surface area contributed by atoms with Crippen LogP contribution < -0.4 is 15.4 Å². The number of benzene rings is 1. The van der Waals surface area contributed by atoms with E-state index in [0.717, 1.165) is 43.9 Å². The van der Waals surface area contributed by atoms with Crippen LogP contribution in [0.1, 0.15) is 46.0 Å². The summed E-state index contributed by atoms with van der Waals surface area (Å²) in [6.07, 6.45) is 5.25. The normalized spacial score (nSPS) is 20.8. The van der Waals surface area contributed by atoms with Gasteiger partial charge in [-0.1, -0.05) is 23.2 Å². The van der Waals surface area contributed by atoms with E-state index in [-0.39, 0.29) is 17.9 Å². The number of ether oxygens (including phenoxy) is 1. The predicted octanol–water partition coefficient (Wildman–Crippen LogP) is 5.33. The van der Waals surface area contributed by atoms with Crippen LogP contribution >= 0.6 is 23.2 Å². The Hall–Kier alpha value is -1.91. The van der Waals surface area contributed by atoms with Crippen LogP contribution in [0.5, 0.6) is 0 Å². The van der Waals surface area contributed by atoms with Crippen molar-refractivity contribution >= 4 is 50.6 Å². The van der Waals surface area contributed by atoms with E-state index < -0.39 is 15.3 Å². The fourth-order valence-corrected chi connectivity index (χ4v) is 6.07. The maximum Gasteiger partial charge on any atom is 0.228 e. The average molecular weight is 570 g/mol. The van der Waals surface area contributed by atoms with Gasteiger partial charge in [-0.15, -0.1) is 0 Å². The molecule has 1 amide bonds. The molecule has 0 bridgehead atoms. The zero-order valence-electron chi connectivity index (χ0n) is 21.1. The van der Waals surface area contributed by atoms with Crippen LogP contribution in [-0.4, -0.2) is 50.4 Å². The Morgan fingerprint density at radius 2 is 1.81 bits per heavy atom. The number of hydrogen-bond acceptors (Lipinski definition) is 6. The number of amides is 1. The molecule has 0 radical (unpaired) electrons. The Morgan fingerprint density at radius 1 is 1.08 bits per heavy atom. The van der Waals surface area contributed by atoms with E-state index in [9.17, 15) is 13.2 Å². The van der Waals surface area contributed by atoms with E-state index in [2.05, 4.69) is 20.3 Å². The van der Waals surface area contributed by atoms with Crippen LogP contribution in [0.25, 0.3) is 11.1 Å². The van der Waals surface area contributed by atoms with Crippen LogP contribution in [-0.2, 0) is 19.6 Å². The second kappa shape index (κ2) is 12.3. The summed E-state index contributed by atoms with van der Waals surface area (Å²) >= 11 is 13.0. The van der Waals surface area contributed by atoms with Crippen molar-refractivity contribution < 1.29 is 17.9 Å². The van der Waals surface area contributed by atoms with E-state index in [0.29, 0.717) is 46.6 Å². The largest absolute Gasteiger partial charge is 0.385 e. The predicted molar refractivity (Wildman–Crippen MR) is 149 cm³/mol. The number of nitrogens with one attached hydrogen (secondary N) is 3. The highest BCUT2D eigenvalue weighted by Gasteiger charge is 2.33. The zero-order valence-corrected chi connectivity index (χ0v) is 23.4. The van der Waals surface area contributed by atoms with Gasteiger partial charge in [0, 0.05) is 59.8 Å². The summed E-state index contributed by atoms with van der Waals surface area (Å²) in [5.41, 5.74) is 2.34. The van der Waals surface area contributed by atoms with Crippen molar-refractivity contribution in [1.82, 2.24) is 9.71 Å². The van der Waals surface area contributed by atoms with Crippen LogP contribution in [0.3, 0.4) is 0 Å². The van der Waals surface area contributed by atoms with Gasteiger partial charge in [0.25, 0.3) is 0 Å². The molecule has 1 aromatic carbocycles. The fraction of sp³-hybridized carbons (Fsp3) is 0.538. The molecule has 1 saturated carbocycles. The van der Waals surface area contributed by atoms with Crippen molar-refractivity contribution in [2.75, 3.05) is 30.4 Å². The van der Waals surface area contributed by atoms with Gasteiger partial charge >= 0.3 is 0 Å². The molecule has 202 valence electrons. The number of nitrogens with zero attached hydrogens (tertiary/aromatic N) is 1. The summed E-state index contributed by atoms with van der Waals surface area (Å²) in [4.78, 5) is 17.2. The number of halogens is 2. The van der Waals surface area contributed by atoms with Crippen molar-refractivity contribution in [2.45, 2.75) is 57.2 Å². The van der Waals surface area contributed by atoms with Gasteiger partial charge in [0.2, 0.25) is 15.9 Å². The molecular weight excluding hydrogens is 535 g/mol. The van der Waals surface area contributed by atoms with Gasteiger partial charge in [0.15, 0.2) is 0 Å². The van der Waals surface area contributed by atoms with Crippen molar-refractivity contribution in [3.8, 4) is 11.1 Å². The molecule has 1 saturated heterocycles. The number of sulfonamides is 1. The van der Waals surface area contributed by atoms with Crippen molar-refractivity contribution in [3.05, 3.63) is 40.5 Å². The number of carbonyl (C=O) groups excluding carboxylic acids is 1. The molecule has 2 heterocycles. The quantitative estimate of drug-likeness (QED) is 0.377. The summed E-state index contributed by atoms with van der Waals surface area (Å²) < 4.78 is 32.5. The van der Waals surface area contributed by atoms with Gasteiger partial charge in [-0.05, 0) is 76.1 Å². The third-order valence-electron chi connectivity index (χ3n) is 7.05. The van der Waals surface area contributed by atoms with E-state index >= 15 is 0 Å². The summed E-state index contributed by atoms with van der Waals surface area (Å²) in [5.74, 6) is 0.439. The Morgan fingerprint density at radius 3 is 2.54 bits per heavy atom. The van der Waals surface area contributed by atoms with Crippen molar-refractivity contribution in [1.29, 1.82) is 0 Å². The molecule has 2 aromatic rings. The fourth-order valence-electron chi connectivity index (χ4n) is 4.69. The zero-order chi connectivity index (χ0) is 26.6. The first-order chi connectivity index (χ1) is 17.6. The van der Waals surface area contributed by atoms with Gasteiger partial charge in [-0.3, -0.25) is 4.79 Å². The van der Waals surface area contributed by atoms with E-state index in [1.54, 1.807) is 19.9 Å². The molecule has 0 unspecified atom stereocenters. The minimum absolute atomic E-state index is 0.190. The smallest absolute Gasteiger partial charge is 0.228 e. The summed E-state index contributed by atoms with van der Waals surface area (Å²) in [6.45, 7) is 5.72. The van der Waals surface area contributed by atoms with Gasteiger partial charge in [-0.25, -0.2) is 18.1 Å². The summed E-state index contributed by atoms with van der Waals surface area (Å²) in [5, 5.41) is 6.81. The number of rotatable bonds is 9. The third kappa shape index (κ3) is 7.35. The highest BCUT2D eigenvalue weighted by molar-refractivity contribution is 7.90. The van der Waals surface area contributed by atoms with Gasteiger partial charge in [-0.2, -0.15) is 0 Å². The Labute approximate surface area is 228 Å². The topological polar surface area (TPSA) is 109 Å². The number of carbonyl (C=O) groups is 1. The Bertz CT molecular complexity index is 1220. The number of hydrogen-bond donors (Lipinski definition) is 3. The first-order valence-corrected chi connectivity index (χ1v) is 15.0. The minimum atomic E-state index is -3.38. The maximum absolute atomic E-state index is 12.9. The first kappa shape index (κ1) is 28.1. The van der Waals surface area contributed by atoms with E-state index in [4.69, 9.17) is 27.9 Å². The molecule has 11 heteroatoms.